The normalized spacial score (nSPS) is 17.8. The van der Waals surface area contributed by atoms with Crippen molar-refractivity contribution >= 4 is 17.7 Å². The molecule has 1 aromatic rings. The second-order valence-corrected chi connectivity index (χ2v) is 6.15. The average molecular weight is 278 g/mol. The van der Waals surface area contributed by atoms with Crippen LogP contribution in [0.4, 0.5) is 0 Å². The highest BCUT2D eigenvalue weighted by atomic mass is 32.2. The maximum absolute atomic E-state index is 11.9. The van der Waals surface area contributed by atoms with E-state index in [-0.39, 0.29) is 18.0 Å². The van der Waals surface area contributed by atoms with Crippen molar-refractivity contribution in [1.29, 1.82) is 0 Å². The van der Waals surface area contributed by atoms with Crippen LogP contribution in [0.3, 0.4) is 0 Å². The zero-order chi connectivity index (χ0) is 13.8. The van der Waals surface area contributed by atoms with Gasteiger partial charge in [-0.2, -0.15) is 0 Å². The first-order valence-electron chi connectivity index (χ1n) is 6.79. The Morgan fingerprint density at radius 3 is 2.58 bits per heavy atom. The summed E-state index contributed by atoms with van der Waals surface area (Å²) in [6, 6.07) is 8.37. The first-order chi connectivity index (χ1) is 9.10. The molecule has 3 N–H and O–H groups in total. The van der Waals surface area contributed by atoms with Crippen LogP contribution < -0.4 is 11.1 Å². The van der Waals surface area contributed by atoms with Gasteiger partial charge in [0.2, 0.25) is 5.91 Å². The van der Waals surface area contributed by atoms with Crippen molar-refractivity contribution in [3.8, 4) is 0 Å². The second-order valence-electron chi connectivity index (χ2n) is 5.27. The fourth-order valence-corrected chi connectivity index (χ4v) is 2.59. The Labute approximate surface area is 119 Å². The molecule has 1 saturated carbocycles. The van der Waals surface area contributed by atoms with Crippen LogP contribution in [0.5, 0.6) is 0 Å². The standard InChI is InChI=1S/C15H22N2OS/c1-10(11-5-7-13(19-2)8-6-11)17-15(18)9-14(16)12-3-4-12/h5-8,10,12,14H,3-4,9,16H2,1-2H3,(H,17,18). The van der Waals surface area contributed by atoms with Gasteiger partial charge in [-0.3, -0.25) is 4.79 Å². The number of rotatable bonds is 6. The molecule has 0 spiro atoms. The van der Waals surface area contributed by atoms with Crippen LogP contribution in [0.25, 0.3) is 0 Å². The van der Waals surface area contributed by atoms with E-state index in [0.717, 1.165) is 5.56 Å². The van der Waals surface area contributed by atoms with Crippen molar-refractivity contribution < 1.29 is 4.79 Å². The molecule has 19 heavy (non-hydrogen) atoms. The Morgan fingerprint density at radius 1 is 1.42 bits per heavy atom. The van der Waals surface area contributed by atoms with Gasteiger partial charge < -0.3 is 11.1 Å². The topological polar surface area (TPSA) is 55.1 Å². The molecule has 4 heteroatoms. The molecule has 0 radical (unpaired) electrons. The van der Waals surface area contributed by atoms with E-state index in [1.165, 1.54) is 17.7 Å². The zero-order valence-corrected chi connectivity index (χ0v) is 12.4. The number of hydrogen-bond acceptors (Lipinski definition) is 3. The lowest BCUT2D eigenvalue weighted by Crippen LogP contribution is -2.34. The van der Waals surface area contributed by atoms with Crippen LogP contribution in [0.1, 0.15) is 37.8 Å². The number of nitrogens with one attached hydrogen (secondary N) is 1. The molecule has 0 heterocycles. The molecular formula is C15H22N2OS. The van der Waals surface area contributed by atoms with Crippen LogP contribution in [0.2, 0.25) is 0 Å². The highest BCUT2D eigenvalue weighted by molar-refractivity contribution is 7.98. The van der Waals surface area contributed by atoms with E-state index in [0.29, 0.717) is 12.3 Å². The van der Waals surface area contributed by atoms with Gasteiger partial charge in [0.25, 0.3) is 0 Å². The third kappa shape index (κ3) is 4.25. The molecular weight excluding hydrogens is 256 g/mol. The van der Waals surface area contributed by atoms with Gasteiger partial charge in [-0.05, 0) is 49.6 Å². The number of amides is 1. The SMILES string of the molecule is CSc1ccc(C(C)NC(=O)CC(N)C2CC2)cc1. The maximum atomic E-state index is 11.9. The Hall–Kier alpha value is -1.00. The Morgan fingerprint density at radius 2 is 2.05 bits per heavy atom. The number of nitrogens with two attached hydrogens (primary N) is 1. The van der Waals surface area contributed by atoms with Crippen molar-refractivity contribution in [2.24, 2.45) is 11.7 Å². The van der Waals surface area contributed by atoms with Crippen LogP contribution in [0, 0.1) is 5.92 Å². The molecule has 0 bridgehead atoms. The maximum Gasteiger partial charge on any atom is 0.222 e. The van der Waals surface area contributed by atoms with Gasteiger partial charge in [0.15, 0.2) is 0 Å². The van der Waals surface area contributed by atoms with Crippen molar-refractivity contribution in [3.05, 3.63) is 29.8 Å². The van der Waals surface area contributed by atoms with Gasteiger partial charge in [-0.15, -0.1) is 11.8 Å². The van der Waals surface area contributed by atoms with Crippen molar-refractivity contribution in [2.75, 3.05) is 6.26 Å². The number of hydrogen-bond donors (Lipinski definition) is 2. The quantitative estimate of drug-likeness (QED) is 0.787. The highest BCUT2D eigenvalue weighted by Gasteiger charge is 2.29. The summed E-state index contributed by atoms with van der Waals surface area (Å²) in [6.45, 7) is 2.01. The summed E-state index contributed by atoms with van der Waals surface area (Å²) >= 11 is 1.72. The Bertz CT molecular complexity index is 428. The molecule has 2 atom stereocenters. The Kier molecular flexibility index (Phi) is 4.88. The van der Waals surface area contributed by atoms with Gasteiger partial charge in [-0.1, -0.05) is 12.1 Å². The first-order valence-corrected chi connectivity index (χ1v) is 8.01. The lowest BCUT2D eigenvalue weighted by Gasteiger charge is -2.16. The largest absolute Gasteiger partial charge is 0.350 e. The predicted octanol–water partition coefficient (Wildman–Crippen LogP) is 2.71. The minimum absolute atomic E-state index is 0.0334. The summed E-state index contributed by atoms with van der Waals surface area (Å²) in [5, 5.41) is 3.02. The smallest absolute Gasteiger partial charge is 0.222 e. The van der Waals surface area contributed by atoms with Gasteiger partial charge in [0.1, 0.15) is 0 Å². The van der Waals surface area contributed by atoms with E-state index in [1.54, 1.807) is 11.8 Å². The minimum atomic E-state index is 0.0334. The molecule has 1 aromatic carbocycles. The number of benzene rings is 1. The summed E-state index contributed by atoms with van der Waals surface area (Å²) in [4.78, 5) is 13.1. The summed E-state index contributed by atoms with van der Waals surface area (Å²) in [5.74, 6) is 0.628. The molecule has 104 valence electrons. The minimum Gasteiger partial charge on any atom is -0.350 e. The van der Waals surface area contributed by atoms with Crippen molar-refractivity contribution in [3.63, 3.8) is 0 Å². The lowest BCUT2D eigenvalue weighted by atomic mass is 10.1. The zero-order valence-electron chi connectivity index (χ0n) is 11.6. The van der Waals surface area contributed by atoms with Crippen LogP contribution >= 0.6 is 11.8 Å². The summed E-state index contributed by atoms with van der Waals surface area (Å²) < 4.78 is 0. The average Bonchev–Trinajstić information content (AvgIpc) is 3.22. The third-order valence-electron chi connectivity index (χ3n) is 3.64. The first kappa shape index (κ1) is 14.4. The van der Waals surface area contributed by atoms with E-state index in [2.05, 4.69) is 35.8 Å². The molecule has 0 aromatic heterocycles. The summed E-state index contributed by atoms with van der Waals surface area (Å²) in [7, 11) is 0. The van der Waals surface area contributed by atoms with E-state index < -0.39 is 0 Å². The fraction of sp³-hybridized carbons (Fsp3) is 0.533. The summed E-state index contributed by atoms with van der Waals surface area (Å²) in [5.41, 5.74) is 7.10. The molecule has 0 saturated heterocycles. The molecule has 3 nitrogen and oxygen atoms in total. The molecule has 1 aliphatic carbocycles. The molecule has 1 fully saturated rings. The van der Waals surface area contributed by atoms with E-state index >= 15 is 0 Å². The van der Waals surface area contributed by atoms with E-state index in [9.17, 15) is 4.79 Å². The second kappa shape index (κ2) is 6.44. The van der Waals surface area contributed by atoms with Gasteiger partial charge >= 0.3 is 0 Å². The molecule has 2 rings (SSSR count). The number of carbonyl (C=O) groups excluding carboxylic acids is 1. The van der Waals surface area contributed by atoms with Gasteiger partial charge in [0, 0.05) is 17.4 Å². The predicted molar refractivity (Wildman–Crippen MR) is 80.1 cm³/mol. The van der Waals surface area contributed by atoms with Gasteiger partial charge in [-0.25, -0.2) is 0 Å². The number of carbonyl (C=O) groups is 1. The molecule has 0 aliphatic heterocycles. The Balaban J connectivity index is 1.84. The van der Waals surface area contributed by atoms with Crippen LogP contribution in [0.15, 0.2) is 29.2 Å². The van der Waals surface area contributed by atoms with E-state index in [1.807, 2.05) is 6.92 Å². The number of thioether (sulfide) groups is 1. The highest BCUT2D eigenvalue weighted by Crippen LogP contribution is 2.32. The van der Waals surface area contributed by atoms with Gasteiger partial charge in [0.05, 0.1) is 6.04 Å². The molecule has 1 amide bonds. The summed E-state index contributed by atoms with van der Waals surface area (Å²) in [6.07, 6.45) is 4.86. The fourth-order valence-electron chi connectivity index (χ4n) is 2.18. The monoisotopic (exact) mass is 278 g/mol. The van der Waals surface area contributed by atoms with Crippen LogP contribution in [-0.4, -0.2) is 18.2 Å². The lowest BCUT2D eigenvalue weighted by molar-refractivity contribution is -0.122. The third-order valence-corrected chi connectivity index (χ3v) is 4.39. The van der Waals surface area contributed by atoms with E-state index in [4.69, 9.17) is 5.73 Å². The molecule has 1 aliphatic rings. The van der Waals surface area contributed by atoms with Crippen molar-refractivity contribution in [1.82, 2.24) is 5.32 Å². The van der Waals surface area contributed by atoms with Crippen LogP contribution in [-0.2, 0) is 4.79 Å². The molecule has 2 unspecified atom stereocenters. The van der Waals surface area contributed by atoms with Crippen molar-refractivity contribution in [2.45, 2.75) is 43.2 Å².